The van der Waals surface area contributed by atoms with Crippen molar-refractivity contribution in [1.82, 2.24) is 14.6 Å². The standard InChI is InChI=1S/C22H14N6O3/c29-22-18-7-3-4-8-19(18)24-21-17-6-2-1-5-16(17)20(26-27(21)22)25-23-13-14-9-11-15(12-10-14)28(30)31/h1-13H,(H,25,26)/b23-13-. The lowest BCUT2D eigenvalue weighted by molar-refractivity contribution is -0.384. The highest BCUT2D eigenvalue weighted by Crippen LogP contribution is 2.24. The predicted octanol–water partition coefficient (Wildman–Crippen LogP) is 3.75. The number of nitrogens with one attached hydrogen (secondary N) is 1. The maximum Gasteiger partial charge on any atom is 0.282 e. The number of nitrogens with zero attached hydrogens (tertiary/aromatic N) is 5. The van der Waals surface area contributed by atoms with Gasteiger partial charge in [-0.05, 0) is 29.8 Å². The molecule has 3 aromatic carbocycles. The number of non-ortho nitro benzene ring substituents is 1. The molecule has 0 aliphatic heterocycles. The van der Waals surface area contributed by atoms with Crippen LogP contribution in [0.5, 0.6) is 0 Å². The average Bonchev–Trinajstić information content (AvgIpc) is 2.80. The van der Waals surface area contributed by atoms with Gasteiger partial charge in [-0.15, -0.1) is 5.10 Å². The molecule has 0 radical (unpaired) electrons. The molecule has 0 unspecified atom stereocenters. The number of hydrogen-bond donors (Lipinski definition) is 1. The number of hydrazone groups is 1. The van der Waals surface area contributed by atoms with E-state index in [1.54, 1.807) is 30.3 Å². The number of para-hydroxylation sites is 1. The largest absolute Gasteiger partial charge is 0.282 e. The second kappa shape index (κ2) is 7.30. The van der Waals surface area contributed by atoms with E-state index in [4.69, 9.17) is 0 Å². The molecule has 9 heteroatoms. The van der Waals surface area contributed by atoms with Crippen molar-refractivity contribution in [2.75, 3.05) is 5.43 Å². The first-order valence-electron chi connectivity index (χ1n) is 9.36. The zero-order valence-electron chi connectivity index (χ0n) is 16.0. The van der Waals surface area contributed by atoms with Gasteiger partial charge in [0.05, 0.1) is 22.0 Å². The molecule has 0 aliphatic carbocycles. The fourth-order valence-electron chi connectivity index (χ4n) is 3.36. The molecule has 31 heavy (non-hydrogen) atoms. The van der Waals surface area contributed by atoms with Crippen LogP contribution in [0.2, 0.25) is 0 Å². The topological polar surface area (TPSA) is 115 Å². The van der Waals surface area contributed by atoms with Crippen LogP contribution in [0.15, 0.2) is 82.7 Å². The summed E-state index contributed by atoms with van der Waals surface area (Å²) in [7, 11) is 0. The van der Waals surface area contributed by atoms with Crippen LogP contribution in [-0.2, 0) is 0 Å². The van der Waals surface area contributed by atoms with Crippen LogP contribution in [0, 0.1) is 10.1 Å². The summed E-state index contributed by atoms with van der Waals surface area (Å²) >= 11 is 0. The second-order valence-electron chi connectivity index (χ2n) is 6.78. The van der Waals surface area contributed by atoms with Crippen molar-refractivity contribution in [1.29, 1.82) is 0 Å². The zero-order chi connectivity index (χ0) is 21.4. The van der Waals surface area contributed by atoms with Crippen molar-refractivity contribution in [3.8, 4) is 0 Å². The van der Waals surface area contributed by atoms with Crippen LogP contribution in [-0.4, -0.2) is 25.7 Å². The predicted molar refractivity (Wildman–Crippen MR) is 119 cm³/mol. The van der Waals surface area contributed by atoms with Gasteiger partial charge < -0.3 is 0 Å². The minimum atomic E-state index is -0.459. The fourth-order valence-corrected chi connectivity index (χ4v) is 3.36. The maximum atomic E-state index is 13.0. The Kier molecular flexibility index (Phi) is 4.33. The molecule has 5 rings (SSSR count). The Labute approximate surface area is 174 Å². The van der Waals surface area contributed by atoms with E-state index in [9.17, 15) is 14.9 Å². The first kappa shape index (κ1) is 18.4. The molecular formula is C22H14N6O3. The van der Waals surface area contributed by atoms with Crippen molar-refractivity contribution in [2.24, 2.45) is 5.10 Å². The lowest BCUT2D eigenvalue weighted by Gasteiger charge is -2.10. The molecule has 0 saturated carbocycles. The van der Waals surface area contributed by atoms with Gasteiger partial charge in [0.15, 0.2) is 11.5 Å². The summed E-state index contributed by atoms with van der Waals surface area (Å²) in [5.41, 5.74) is 4.36. The second-order valence-corrected chi connectivity index (χ2v) is 6.78. The summed E-state index contributed by atoms with van der Waals surface area (Å²) in [6.07, 6.45) is 1.52. The summed E-state index contributed by atoms with van der Waals surface area (Å²) in [6, 6.07) is 20.6. The van der Waals surface area contributed by atoms with Crippen molar-refractivity contribution >= 4 is 45.0 Å². The van der Waals surface area contributed by atoms with Gasteiger partial charge in [-0.2, -0.15) is 9.62 Å². The van der Waals surface area contributed by atoms with Gasteiger partial charge >= 0.3 is 0 Å². The molecule has 150 valence electrons. The number of hydrogen-bond acceptors (Lipinski definition) is 7. The summed E-state index contributed by atoms with van der Waals surface area (Å²) < 4.78 is 1.27. The number of fused-ring (bicyclic) bond motifs is 4. The molecule has 0 atom stereocenters. The molecule has 0 amide bonds. The smallest absolute Gasteiger partial charge is 0.267 e. The van der Waals surface area contributed by atoms with Gasteiger partial charge in [-0.3, -0.25) is 20.3 Å². The summed E-state index contributed by atoms with van der Waals surface area (Å²) in [5.74, 6) is 0.389. The third-order valence-corrected chi connectivity index (χ3v) is 4.86. The third kappa shape index (κ3) is 3.23. The van der Waals surface area contributed by atoms with Gasteiger partial charge in [0.25, 0.3) is 11.2 Å². The molecule has 2 aromatic heterocycles. The molecule has 0 bridgehead atoms. The number of benzene rings is 3. The quantitative estimate of drug-likeness (QED) is 0.159. The van der Waals surface area contributed by atoms with Gasteiger partial charge in [-0.25, -0.2) is 4.98 Å². The Morgan fingerprint density at radius 3 is 2.35 bits per heavy atom. The van der Waals surface area contributed by atoms with E-state index < -0.39 is 4.92 Å². The Morgan fingerprint density at radius 2 is 1.61 bits per heavy atom. The van der Waals surface area contributed by atoms with E-state index in [1.165, 1.54) is 22.9 Å². The number of rotatable bonds is 4. The van der Waals surface area contributed by atoms with E-state index in [0.717, 1.165) is 10.8 Å². The van der Waals surface area contributed by atoms with Crippen LogP contribution in [0.4, 0.5) is 11.5 Å². The summed E-state index contributed by atoms with van der Waals surface area (Å²) in [5, 5.41) is 21.4. The molecule has 0 saturated heterocycles. The monoisotopic (exact) mass is 410 g/mol. The van der Waals surface area contributed by atoms with E-state index in [1.807, 2.05) is 30.3 Å². The Balaban J connectivity index is 1.60. The van der Waals surface area contributed by atoms with Crippen molar-refractivity contribution in [2.45, 2.75) is 0 Å². The van der Waals surface area contributed by atoms with Crippen LogP contribution in [0.25, 0.3) is 27.3 Å². The van der Waals surface area contributed by atoms with Crippen molar-refractivity contribution < 1.29 is 4.92 Å². The van der Waals surface area contributed by atoms with Crippen molar-refractivity contribution in [3.63, 3.8) is 0 Å². The minimum absolute atomic E-state index is 0.00593. The Morgan fingerprint density at radius 1 is 0.935 bits per heavy atom. The summed E-state index contributed by atoms with van der Waals surface area (Å²) in [4.78, 5) is 28.0. The first-order valence-corrected chi connectivity index (χ1v) is 9.36. The van der Waals surface area contributed by atoms with Gasteiger partial charge in [0, 0.05) is 22.9 Å². The highest BCUT2D eigenvalue weighted by molar-refractivity contribution is 6.01. The molecule has 9 nitrogen and oxygen atoms in total. The van der Waals surface area contributed by atoms with Gasteiger partial charge in [-0.1, -0.05) is 36.4 Å². The summed E-state index contributed by atoms with van der Waals surface area (Å²) in [6.45, 7) is 0. The van der Waals surface area contributed by atoms with E-state index in [0.29, 0.717) is 27.9 Å². The normalized spacial score (nSPS) is 11.5. The molecule has 0 spiro atoms. The Bertz CT molecular complexity index is 1560. The maximum absolute atomic E-state index is 13.0. The molecular weight excluding hydrogens is 396 g/mol. The van der Waals surface area contributed by atoms with E-state index in [2.05, 4.69) is 20.6 Å². The number of anilines is 1. The average molecular weight is 410 g/mol. The van der Waals surface area contributed by atoms with Gasteiger partial charge in [0.2, 0.25) is 0 Å². The third-order valence-electron chi connectivity index (χ3n) is 4.86. The minimum Gasteiger partial charge on any atom is -0.267 e. The highest BCUT2D eigenvalue weighted by Gasteiger charge is 2.13. The molecule has 0 aliphatic rings. The highest BCUT2D eigenvalue weighted by atomic mass is 16.6. The number of aromatic nitrogens is 3. The number of nitro groups is 1. The molecule has 2 heterocycles. The number of nitro benzene ring substituents is 1. The van der Waals surface area contributed by atoms with Gasteiger partial charge in [0.1, 0.15) is 0 Å². The zero-order valence-corrected chi connectivity index (χ0v) is 16.0. The SMILES string of the molecule is O=c1c2ccccc2nc2c3ccccc3c(N/N=C\c3ccc([N+](=O)[O-])cc3)nn12. The lowest BCUT2D eigenvalue weighted by atomic mass is 10.1. The van der Waals surface area contributed by atoms with Crippen LogP contribution >= 0.6 is 0 Å². The van der Waals surface area contributed by atoms with Crippen LogP contribution in [0.1, 0.15) is 5.56 Å². The fraction of sp³-hybridized carbons (Fsp3) is 0. The molecule has 5 aromatic rings. The van der Waals surface area contributed by atoms with E-state index >= 15 is 0 Å². The molecule has 0 fully saturated rings. The van der Waals surface area contributed by atoms with E-state index in [-0.39, 0.29) is 11.2 Å². The first-order chi connectivity index (χ1) is 15.1. The Hall–Kier alpha value is -4.66. The van der Waals surface area contributed by atoms with Crippen molar-refractivity contribution in [3.05, 3.63) is 98.8 Å². The molecule has 1 N–H and O–H groups in total. The van der Waals surface area contributed by atoms with Crippen LogP contribution in [0.3, 0.4) is 0 Å². The van der Waals surface area contributed by atoms with Crippen LogP contribution < -0.4 is 11.0 Å². The lowest BCUT2D eigenvalue weighted by Crippen LogP contribution is -2.19.